The van der Waals surface area contributed by atoms with Gasteiger partial charge in [-0.3, -0.25) is 4.79 Å². The average molecular weight is 435 g/mol. The van der Waals surface area contributed by atoms with Crippen molar-refractivity contribution in [1.29, 1.82) is 0 Å². The lowest BCUT2D eigenvalue weighted by atomic mass is 10.1. The van der Waals surface area contributed by atoms with Crippen molar-refractivity contribution >= 4 is 33.2 Å². The summed E-state index contributed by atoms with van der Waals surface area (Å²) in [6, 6.07) is 7.81. The fourth-order valence-corrected chi connectivity index (χ4v) is 6.13. The van der Waals surface area contributed by atoms with Crippen LogP contribution in [0.2, 0.25) is 0 Å². The van der Waals surface area contributed by atoms with Crippen LogP contribution in [0.1, 0.15) is 30.7 Å². The number of anilines is 1. The number of benzene rings is 1. The third kappa shape index (κ3) is 4.90. The number of hydrogen-bond donors (Lipinski definition) is 0. The van der Waals surface area contributed by atoms with Gasteiger partial charge in [0, 0.05) is 24.7 Å². The minimum absolute atomic E-state index is 0.00931. The molecule has 1 aromatic carbocycles. The first-order chi connectivity index (χ1) is 13.9. The largest absolute Gasteiger partial charge is 0.312 e. The molecule has 0 saturated carbocycles. The predicted octanol–water partition coefficient (Wildman–Crippen LogP) is 2.82. The van der Waals surface area contributed by atoms with Crippen LogP contribution >= 0.6 is 11.8 Å². The molecule has 29 heavy (non-hydrogen) atoms. The van der Waals surface area contributed by atoms with Crippen LogP contribution in [0.25, 0.3) is 0 Å². The van der Waals surface area contributed by atoms with Crippen LogP contribution in [-0.2, 0) is 21.2 Å². The summed E-state index contributed by atoms with van der Waals surface area (Å²) in [5, 5.41) is 9.10. The first-order valence-electron chi connectivity index (χ1n) is 9.59. The molecule has 0 aliphatic carbocycles. The molecule has 1 aliphatic heterocycles. The molecule has 0 bridgehead atoms. The summed E-state index contributed by atoms with van der Waals surface area (Å²) in [7, 11) is -3.02. The number of para-hydroxylation sites is 1. The Morgan fingerprint density at radius 1 is 1.38 bits per heavy atom. The van der Waals surface area contributed by atoms with Gasteiger partial charge in [-0.25, -0.2) is 8.42 Å². The van der Waals surface area contributed by atoms with Gasteiger partial charge in [0.05, 0.1) is 17.3 Å². The van der Waals surface area contributed by atoms with Crippen LogP contribution in [0, 0.1) is 6.92 Å². The molecule has 7 nitrogen and oxygen atoms in total. The van der Waals surface area contributed by atoms with E-state index >= 15 is 0 Å². The van der Waals surface area contributed by atoms with Crippen molar-refractivity contribution in [2.24, 2.45) is 0 Å². The van der Waals surface area contributed by atoms with E-state index in [4.69, 9.17) is 0 Å². The minimum atomic E-state index is -3.02. The Labute approximate surface area is 176 Å². The van der Waals surface area contributed by atoms with Crippen molar-refractivity contribution in [3.63, 3.8) is 0 Å². The number of amides is 1. The molecule has 2 heterocycles. The lowest BCUT2D eigenvalue weighted by molar-refractivity contribution is -0.116. The second-order valence-corrected chi connectivity index (χ2v) is 10.2. The van der Waals surface area contributed by atoms with Gasteiger partial charge < -0.3 is 9.47 Å². The number of sulfone groups is 1. The molecule has 0 spiro atoms. The molecule has 1 amide bonds. The van der Waals surface area contributed by atoms with Gasteiger partial charge in [0.1, 0.15) is 5.82 Å². The van der Waals surface area contributed by atoms with Gasteiger partial charge >= 0.3 is 0 Å². The molecule has 1 atom stereocenters. The van der Waals surface area contributed by atoms with E-state index in [1.807, 2.05) is 42.7 Å². The number of thioether (sulfide) groups is 1. The number of hydrogen-bond acceptors (Lipinski definition) is 6. The molecule has 1 aliphatic rings. The number of aryl methyl sites for hydroxylation is 1. The third-order valence-electron chi connectivity index (χ3n) is 5.00. The number of aromatic nitrogens is 3. The molecule has 3 rings (SSSR count). The molecule has 1 aromatic heterocycles. The molecular weight excluding hydrogens is 408 g/mol. The number of carbonyl (C=O) groups is 1. The Balaban J connectivity index is 1.75. The van der Waals surface area contributed by atoms with E-state index in [-0.39, 0.29) is 29.1 Å². The Bertz CT molecular complexity index is 1000. The van der Waals surface area contributed by atoms with Crippen molar-refractivity contribution < 1.29 is 13.2 Å². The van der Waals surface area contributed by atoms with Crippen molar-refractivity contribution in [3.05, 3.63) is 48.3 Å². The van der Waals surface area contributed by atoms with Crippen LogP contribution < -0.4 is 4.90 Å². The second-order valence-electron chi connectivity index (χ2n) is 7.05. The second kappa shape index (κ2) is 9.13. The van der Waals surface area contributed by atoms with Gasteiger partial charge in [0.2, 0.25) is 5.91 Å². The summed E-state index contributed by atoms with van der Waals surface area (Å²) in [5.74, 6) is 0.999. The van der Waals surface area contributed by atoms with Gasteiger partial charge in [-0.15, -0.1) is 16.8 Å². The topological polar surface area (TPSA) is 85.2 Å². The van der Waals surface area contributed by atoms with Crippen molar-refractivity contribution in [2.75, 3.05) is 28.7 Å². The summed E-state index contributed by atoms with van der Waals surface area (Å²) >= 11 is 1.32. The summed E-state index contributed by atoms with van der Waals surface area (Å²) < 4.78 is 25.6. The summed E-state index contributed by atoms with van der Waals surface area (Å²) in [6.07, 6.45) is 2.28. The Morgan fingerprint density at radius 3 is 2.76 bits per heavy atom. The van der Waals surface area contributed by atoms with Gasteiger partial charge in [-0.2, -0.15) is 0 Å². The van der Waals surface area contributed by atoms with E-state index in [1.54, 1.807) is 11.0 Å². The molecule has 1 unspecified atom stereocenters. The highest BCUT2D eigenvalue weighted by Gasteiger charge is 2.33. The smallest absolute Gasteiger partial charge is 0.237 e. The fourth-order valence-electron chi connectivity index (χ4n) is 3.56. The maximum atomic E-state index is 12.9. The molecule has 156 valence electrons. The average Bonchev–Trinajstić information content (AvgIpc) is 3.25. The number of rotatable bonds is 8. The van der Waals surface area contributed by atoms with E-state index in [1.165, 1.54) is 11.8 Å². The Hall–Kier alpha value is -2.13. The predicted molar refractivity (Wildman–Crippen MR) is 116 cm³/mol. The first-order valence-corrected chi connectivity index (χ1v) is 12.4. The van der Waals surface area contributed by atoms with Crippen LogP contribution in [0.5, 0.6) is 0 Å². The van der Waals surface area contributed by atoms with E-state index in [2.05, 4.69) is 16.8 Å². The molecular formula is C20H26N4O3S2. The van der Waals surface area contributed by atoms with E-state index in [9.17, 15) is 13.2 Å². The highest BCUT2D eigenvalue weighted by Crippen LogP contribution is 2.30. The first kappa shape index (κ1) is 21.6. The molecule has 0 radical (unpaired) electrons. The van der Waals surface area contributed by atoms with Gasteiger partial charge in [-0.1, -0.05) is 36.0 Å². The standard InChI is InChI=1S/C20H26N4O3S2/c1-4-11-24-19(16-10-12-29(26,27)14-16)21-22-20(24)28-13-18(25)23(5-2)17-9-7-6-8-15(17)3/h4,6-9,16H,1,5,10-14H2,2-3H3. The van der Waals surface area contributed by atoms with E-state index < -0.39 is 9.84 Å². The number of carbonyl (C=O) groups excluding carboxylic acids is 1. The minimum Gasteiger partial charge on any atom is -0.312 e. The van der Waals surface area contributed by atoms with Gasteiger partial charge in [0.15, 0.2) is 15.0 Å². The third-order valence-corrected chi connectivity index (χ3v) is 7.72. The highest BCUT2D eigenvalue weighted by atomic mass is 32.2. The summed E-state index contributed by atoms with van der Waals surface area (Å²) in [5.41, 5.74) is 1.96. The lowest BCUT2D eigenvalue weighted by Gasteiger charge is -2.22. The van der Waals surface area contributed by atoms with Crippen molar-refractivity contribution in [3.8, 4) is 0 Å². The van der Waals surface area contributed by atoms with Crippen LogP contribution in [0.15, 0.2) is 42.1 Å². The van der Waals surface area contributed by atoms with Crippen molar-refractivity contribution in [1.82, 2.24) is 14.8 Å². The lowest BCUT2D eigenvalue weighted by Crippen LogP contribution is -2.32. The van der Waals surface area contributed by atoms with Crippen LogP contribution in [0.4, 0.5) is 5.69 Å². The van der Waals surface area contributed by atoms with E-state index in [0.717, 1.165) is 11.3 Å². The fraction of sp³-hybridized carbons (Fsp3) is 0.450. The maximum Gasteiger partial charge on any atom is 0.237 e. The zero-order chi connectivity index (χ0) is 21.0. The quantitative estimate of drug-likeness (QED) is 0.469. The highest BCUT2D eigenvalue weighted by molar-refractivity contribution is 7.99. The molecule has 1 fully saturated rings. The maximum absolute atomic E-state index is 12.9. The number of allylic oxidation sites excluding steroid dienone is 1. The van der Waals surface area contributed by atoms with Gasteiger partial charge in [-0.05, 0) is 31.9 Å². The SMILES string of the molecule is C=CCn1c(SCC(=O)N(CC)c2ccccc2C)nnc1C1CCS(=O)(=O)C1. The van der Waals surface area contributed by atoms with Crippen molar-refractivity contribution in [2.45, 2.75) is 37.9 Å². The summed E-state index contributed by atoms with van der Waals surface area (Å²) in [6.45, 7) is 8.77. The molecule has 9 heteroatoms. The zero-order valence-corrected chi connectivity index (χ0v) is 18.4. The monoisotopic (exact) mass is 434 g/mol. The van der Waals surface area contributed by atoms with Crippen LogP contribution in [-0.4, -0.2) is 52.9 Å². The Morgan fingerprint density at radius 2 is 2.14 bits per heavy atom. The van der Waals surface area contributed by atoms with Crippen LogP contribution in [0.3, 0.4) is 0 Å². The molecule has 1 saturated heterocycles. The zero-order valence-electron chi connectivity index (χ0n) is 16.7. The van der Waals surface area contributed by atoms with E-state index in [0.29, 0.717) is 30.5 Å². The normalized spacial score (nSPS) is 17.9. The van der Waals surface area contributed by atoms with Gasteiger partial charge in [0.25, 0.3) is 0 Å². The molecule has 2 aromatic rings. The summed E-state index contributed by atoms with van der Waals surface area (Å²) in [4.78, 5) is 14.6. The Kier molecular flexibility index (Phi) is 6.79. The molecule has 0 N–H and O–H groups in total. The number of nitrogens with zero attached hydrogens (tertiary/aromatic N) is 4.